The van der Waals surface area contributed by atoms with Crippen LogP contribution in [-0.2, 0) is 9.53 Å². The molecule has 0 spiro atoms. The van der Waals surface area contributed by atoms with Crippen LogP contribution in [-0.4, -0.2) is 44.2 Å². The van der Waals surface area contributed by atoms with Crippen molar-refractivity contribution >= 4 is 12.0 Å². The standard InChI is InChI=1S/C15H16N2O3/c1-19-14-4-2-12(3-5-14)10-13(11-16)15(18)17-6-8-20-9-7-17/h2-5,10H,6-9H2,1H3/b13-10-. The Kier molecular flexibility index (Phi) is 4.75. The number of hydrogen-bond acceptors (Lipinski definition) is 4. The predicted molar refractivity (Wildman–Crippen MR) is 74.0 cm³/mol. The van der Waals surface area contributed by atoms with Crippen LogP contribution in [0.2, 0.25) is 0 Å². The van der Waals surface area contributed by atoms with E-state index in [0.29, 0.717) is 26.3 Å². The summed E-state index contributed by atoms with van der Waals surface area (Å²) in [6, 6.07) is 9.17. The molecule has 0 radical (unpaired) electrons. The third-order valence-electron chi connectivity index (χ3n) is 3.08. The summed E-state index contributed by atoms with van der Waals surface area (Å²) in [6.07, 6.45) is 1.59. The smallest absolute Gasteiger partial charge is 0.264 e. The molecule has 1 aromatic rings. The first-order chi connectivity index (χ1) is 9.74. The van der Waals surface area contributed by atoms with Crippen LogP contribution in [0.25, 0.3) is 6.08 Å². The number of carbonyl (C=O) groups excluding carboxylic acids is 1. The van der Waals surface area contributed by atoms with E-state index in [2.05, 4.69) is 0 Å². The van der Waals surface area contributed by atoms with E-state index in [1.807, 2.05) is 18.2 Å². The Morgan fingerprint density at radius 2 is 2.00 bits per heavy atom. The molecular formula is C15H16N2O3. The van der Waals surface area contributed by atoms with Crippen molar-refractivity contribution < 1.29 is 14.3 Å². The van der Waals surface area contributed by atoms with E-state index >= 15 is 0 Å². The van der Waals surface area contributed by atoms with E-state index in [4.69, 9.17) is 14.7 Å². The number of benzene rings is 1. The lowest BCUT2D eigenvalue weighted by Gasteiger charge is -2.26. The topological polar surface area (TPSA) is 62.6 Å². The summed E-state index contributed by atoms with van der Waals surface area (Å²) in [7, 11) is 1.59. The average molecular weight is 272 g/mol. The van der Waals surface area contributed by atoms with E-state index in [1.54, 1.807) is 30.2 Å². The molecule has 104 valence electrons. The van der Waals surface area contributed by atoms with Gasteiger partial charge in [-0.15, -0.1) is 0 Å². The molecule has 1 aliphatic rings. The van der Waals surface area contributed by atoms with Gasteiger partial charge in [0.2, 0.25) is 0 Å². The highest BCUT2D eigenvalue weighted by molar-refractivity contribution is 6.01. The molecule has 0 saturated carbocycles. The van der Waals surface area contributed by atoms with Gasteiger partial charge in [0.05, 0.1) is 20.3 Å². The Morgan fingerprint density at radius 1 is 1.35 bits per heavy atom. The molecule has 1 aliphatic heterocycles. The summed E-state index contributed by atoms with van der Waals surface area (Å²) in [6.45, 7) is 2.10. The summed E-state index contributed by atoms with van der Waals surface area (Å²) in [4.78, 5) is 13.9. The molecule has 0 bridgehead atoms. The lowest BCUT2D eigenvalue weighted by Crippen LogP contribution is -2.41. The minimum absolute atomic E-state index is 0.136. The molecule has 1 heterocycles. The highest BCUT2D eigenvalue weighted by Crippen LogP contribution is 2.15. The molecule has 20 heavy (non-hydrogen) atoms. The van der Waals surface area contributed by atoms with Gasteiger partial charge < -0.3 is 14.4 Å². The maximum atomic E-state index is 12.2. The van der Waals surface area contributed by atoms with Crippen LogP contribution in [0.1, 0.15) is 5.56 Å². The normalized spacial score (nSPS) is 15.6. The molecular weight excluding hydrogens is 256 g/mol. The van der Waals surface area contributed by atoms with Gasteiger partial charge in [0.15, 0.2) is 0 Å². The largest absolute Gasteiger partial charge is 0.497 e. The quantitative estimate of drug-likeness (QED) is 0.617. The average Bonchev–Trinajstić information content (AvgIpc) is 2.53. The molecule has 0 aliphatic carbocycles. The van der Waals surface area contributed by atoms with Crippen LogP contribution >= 0.6 is 0 Å². The Hall–Kier alpha value is -2.32. The lowest BCUT2D eigenvalue weighted by atomic mass is 10.1. The van der Waals surface area contributed by atoms with E-state index in [1.165, 1.54) is 0 Å². The van der Waals surface area contributed by atoms with Crippen molar-refractivity contribution in [1.82, 2.24) is 4.90 Å². The van der Waals surface area contributed by atoms with Crippen molar-refractivity contribution in [3.63, 3.8) is 0 Å². The summed E-state index contributed by atoms with van der Waals surface area (Å²) in [5.74, 6) is 0.492. The monoisotopic (exact) mass is 272 g/mol. The van der Waals surface area contributed by atoms with E-state index in [9.17, 15) is 4.79 Å². The maximum absolute atomic E-state index is 12.2. The van der Waals surface area contributed by atoms with Gasteiger partial charge in [0.1, 0.15) is 17.4 Å². The fraction of sp³-hybridized carbons (Fsp3) is 0.333. The second-order valence-electron chi connectivity index (χ2n) is 4.35. The summed E-state index contributed by atoms with van der Waals surface area (Å²) in [5.41, 5.74) is 0.932. The fourth-order valence-electron chi connectivity index (χ4n) is 1.95. The van der Waals surface area contributed by atoms with Crippen molar-refractivity contribution in [1.29, 1.82) is 5.26 Å². The molecule has 1 aromatic carbocycles. The Labute approximate surface area is 118 Å². The first kappa shape index (κ1) is 14.1. The minimum atomic E-state index is -0.244. The highest BCUT2D eigenvalue weighted by Gasteiger charge is 2.20. The summed E-state index contributed by atoms with van der Waals surface area (Å²) in [5, 5.41) is 9.17. The first-order valence-electron chi connectivity index (χ1n) is 6.37. The number of morpholine rings is 1. The molecule has 0 atom stereocenters. The van der Waals surface area contributed by atoms with Crippen molar-refractivity contribution in [3.05, 3.63) is 35.4 Å². The molecule has 1 fully saturated rings. The maximum Gasteiger partial charge on any atom is 0.264 e. The van der Waals surface area contributed by atoms with Gasteiger partial charge in [-0.2, -0.15) is 5.26 Å². The molecule has 1 saturated heterocycles. The zero-order valence-corrected chi connectivity index (χ0v) is 11.3. The van der Waals surface area contributed by atoms with Gasteiger partial charge in [-0.1, -0.05) is 12.1 Å². The molecule has 0 aromatic heterocycles. The molecule has 5 heteroatoms. The van der Waals surface area contributed by atoms with Gasteiger partial charge in [0.25, 0.3) is 5.91 Å². The molecule has 1 amide bonds. The number of nitrogens with zero attached hydrogens (tertiary/aromatic N) is 2. The number of hydrogen-bond donors (Lipinski definition) is 0. The minimum Gasteiger partial charge on any atom is -0.497 e. The third kappa shape index (κ3) is 3.37. The number of amides is 1. The number of rotatable bonds is 3. The number of carbonyl (C=O) groups is 1. The fourth-order valence-corrected chi connectivity index (χ4v) is 1.95. The zero-order valence-electron chi connectivity index (χ0n) is 11.3. The number of nitriles is 1. The molecule has 2 rings (SSSR count). The van der Waals surface area contributed by atoms with E-state index in [0.717, 1.165) is 11.3 Å². The Balaban J connectivity index is 2.15. The van der Waals surface area contributed by atoms with Gasteiger partial charge in [-0.05, 0) is 23.8 Å². The van der Waals surface area contributed by atoms with Gasteiger partial charge >= 0.3 is 0 Å². The molecule has 0 N–H and O–H groups in total. The highest BCUT2D eigenvalue weighted by atomic mass is 16.5. The zero-order chi connectivity index (χ0) is 14.4. The van der Waals surface area contributed by atoms with Crippen molar-refractivity contribution in [2.45, 2.75) is 0 Å². The van der Waals surface area contributed by atoms with Gasteiger partial charge in [-0.3, -0.25) is 4.79 Å². The van der Waals surface area contributed by atoms with E-state index in [-0.39, 0.29) is 11.5 Å². The van der Waals surface area contributed by atoms with Crippen molar-refractivity contribution in [2.24, 2.45) is 0 Å². The number of methoxy groups -OCH3 is 1. The van der Waals surface area contributed by atoms with Crippen LogP contribution in [0.15, 0.2) is 29.8 Å². The van der Waals surface area contributed by atoms with E-state index < -0.39 is 0 Å². The summed E-state index contributed by atoms with van der Waals surface area (Å²) < 4.78 is 10.3. The van der Waals surface area contributed by atoms with Crippen LogP contribution in [0, 0.1) is 11.3 Å². The Bertz CT molecular complexity index is 537. The van der Waals surface area contributed by atoms with Crippen molar-refractivity contribution in [2.75, 3.05) is 33.4 Å². The predicted octanol–water partition coefficient (Wildman–Crippen LogP) is 1.46. The summed E-state index contributed by atoms with van der Waals surface area (Å²) >= 11 is 0. The lowest BCUT2D eigenvalue weighted by molar-refractivity contribution is -0.130. The van der Waals surface area contributed by atoms with Crippen LogP contribution in [0.5, 0.6) is 5.75 Å². The van der Waals surface area contributed by atoms with Crippen LogP contribution < -0.4 is 4.74 Å². The SMILES string of the molecule is COc1ccc(/C=C(/C#N)C(=O)N2CCOCC2)cc1. The first-order valence-corrected chi connectivity index (χ1v) is 6.37. The van der Waals surface area contributed by atoms with Gasteiger partial charge in [0, 0.05) is 13.1 Å². The number of ether oxygens (including phenoxy) is 2. The molecule has 0 unspecified atom stereocenters. The Morgan fingerprint density at radius 3 is 2.55 bits per heavy atom. The van der Waals surface area contributed by atoms with Crippen molar-refractivity contribution in [3.8, 4) is 11.8 Å². The van der Waals surface area contributed by atoms with Crippen LogP contribution in [0.4, 0.5) is 0 Å². The second kappa shape index (κ2) is 6.73. The third-order valence-corrected chi connectivity index (χ3v) is 3.08. The van der Waals surface area contributed by atoms with Crippen LogP contribution in [0.3, 0.4) is 0 Å². The second-order valence-corrected chi connectivity index (χ2v) is 4.35. The molecule has 5 nitrogen and oxygen atoms in total. The van der Waals surface area contributed by atoms with Gasteiger partial charge in [-0.25, -0.2) is 0 Å².